The number of hydrogen-bond donors (Lipinski definition) is 1. The molecule has 0 heterocycles. The molecule has 1 N–H and O–H groups in total. The zero-order valence-corrected chi connectivity index (χ0v) is 8.69. The van der Waals surface area contributed by atoms with Crippen molar-refractivity contribution in [1.29, 1.82) is 0 Å². The molecule has 1 aromatic carbocycles. The maximum absolute atomic E-state index is 11.9. The predicted octanol–water partition coefficient (Wildman–Crippen LogP) is 1.69. The van der Waals surface area contributed by atoms with Crippen molar-refractivity contribution in [2.75, 3.05) is 6.61 Å². The van der Waals surface area contributed by atoms with Crippen LogP contribution >= 0.6 is 0 Å². The molecule has 0 amide bonds. The Balaban J connectivity index is 2.57. The molecule has 0 unspecified atom stereocenters. The second-order valence-electron chi connectivity index (χ2n) is 3.33. The Hall–Kier alpha value is -2.10. The van der Waals surface area contributed by atoms with Crippen molar-refractivity contribution in [3.8, 4) is 5.75 Å². The highest BCUT2D eigenvalue weighted by molar-refractivity contribution is 6.24. The molecule has 0 fully saturated rings. The van der Waals surface area contributed by atoms with Crippen molar-refractivity contribution < 1.29 is 19.4 Å². The van der Waals surface area contributed by atoms with Gasteiger partial charge in [-0.1, -0.05) is 12.1 Å². The first kappa shape index (κ1) is 10.4. The Morgan fingerprint density at radius 3 is 2.75 bits per heavy atom. The molecule has 0 spiro atoms. The van der Waals surface area contributed by atoms with Crippen LogP contribution in [0.2, 0.25) is 0 Å². The Morgan fingerprint density at radius 1 is 1.31 bits per heavy atom. The number of rotatable bonds is 2. The number of fused-ring (bicyclic) bond motifs is 1. The summed E-state index contributed by atoms with van der Waals surface area (Å²) in [7, 11) is 0. The third-order valence-electron chi connectivity index (χ3n) is 2.32. The molecule has 0 bridgehead atoms. The summed E-state index contributed by atoms with van der Waals surface area (Å²) in [6.45, 7) is 2.02. The number of aromatic hydroxyl groups is 1. The topological polar surface area (TPSA) is 63.6 Å². The summed E-state index contributed by atoms with van der Waals surface area (Å²) in [6, 6.07) is 4.41. The molecule has 82 valence electrons. The number of carbonyl (C=O) groups excluding carboxylic acids is 2. The van der Waals surface area contributed by atoms with Crippen molar-refractivity contribution in [3.63, 3.8) is 0 Å². The third-order valence-corrected chi connectivity index (χ3v) is 2.32. The van der Waals surface area contributed by atoms with E-state index in [0.717, 1.165) is 6.08 Å². The van der Waals surface area contributed by atoms with Gasteiger partial charge < -0.3 is 9.84 Å². The van der Waals surface area contributed by atoms with Gasteiger partial charge in [0.2, 0.25) is 5.78 Å². The van der Waals surface area contributed by atoms with E-state index in [9.17, 15) is 14.7 Å². The van der Waals surface area contributed by atoms with Crippen LogP contribution in [0.5, 0.6) is 5.75 Å². The molecule has 1 aliphatic carbocycles. The fourth-order valence-electron chi connectivity index (χ4n) is 1.63. The Bertz CT molecular complexity index is 500. The monoisotopic (exact) mass is 218 g/mol. The molecule has 2 rings (SSSR count). The van der Waals surface area contributed by atoms with Crippen LogP contribution in [0, 0.1) is 0 Å². The Morgan fingerprint density at radius 2 is 2.06 bits per heavy atom. The quantitative estimate of drug-likeness (QED) is 0.820. The van der Waals surface area contributed by atoms with Crippen LogP contribution in [0.25, 0.3) is 0 Å². The van der Waals surface area contributed by atoms with Gasteiger partial charge in [-0.3, -0.25) is 9.59 Å². The Labute approximate surface area is 92.2 Å². The van der Waals surface area contributed by atoms with Crippen molar-refractivity contribution in [1.82, 2.24) is 0 Å². The summed E-state index contributed by atoms with van der Waals surface area (Å²) in [5.74, 6) is -0.980. The van der Waals surface area contributed by atoms with Crippen LogP contribution in [0.4, 0.5) is 0 Å². The largest absolute Gasteiger partial charge is 0.507 e. The highest BCUT2D eigenvalue weighted by Crippen LogP contribution is 2.28. The molecule has 1 aromatic rings. The van der Waals surface area contributed by atoms with Crippen LogP contribution in [0.15, 0.2) is 30.0 Å². The predicted molar refractivity (Wildman–Crippen MR) is 56.5 cm³/mol. The molecule has 16 heavy (non-hydrogen) atoms. The maximum Gasteiger partial charge on any atom is 0.232 e. The van der Waals surface area contributed by atoms with Crippen molar-refractivity contribution in [3.05, 3.63) is 41.2 Å². The summed E-state index contributed by atoms with van der Waals surface area (Å²) in [4.78, 5) is 23.5. The van der Waals surface area contributed by atoms with E-state index in [1.54, 1.807) is 6.92 Å². The van der Waals surface area contributed by atoms with E-state index >= 15 is 0 Å². The lowest BCUT2D eigenvalue weighted by atomic mass is 9.93. The lowest BCUT2D eigenvalue weighted by Gasteiger charge is -2.15. The number of Topliss-reactive ketones (excluding diaryl/α,β-unsaturated/α-hetero) is 1. The molecular formula is C12H10O4. The minimum Gasteiger partial charge on any atom is -0.507 e. The molecule has 4 heteroatoms. The first-order chi connectivity index (χ1) is 7.65. The maximum atomic E-state index is 11.9. The SMILES string of the molecule is CCOC1=CC(=O)c2cccc(O)c2C1=O. The number of allylic oxidation sites excluding steroid dienone is 2. The number of phenols is 1. The molecule has 0 atom stereocenters. The van der Waals surface area contributed by atoms with Gasteiger partial charge in [-0.15, -0.1) is 0 Å². The van der Waals surface area contributed by atoms with Crippen LogP contribution in [0.3, 0.4) is 0 Å². The molecule has 0 aliphatic heterocycles. The van der Waals surface area contributed by atoms with Gasteiger partial charge in [-0.25, -0.2) is 0 Å². The number of phenolic OH excluding ortho intramolecular Hbond substituents is 1. The fraction of sp³-hybridized carbons (Fsp3) is 0.167. The first-order valence-corrected chi connectivity index (χ1v) is 4.90. The van der Waals surface area contributed by atoms with Gasteiger partial charge in [0.1, 0.15) is 5.75 Å². The summed E-state index contributed by atoms with van der Waals surface area (Å²) in [5.41, 5.74) is 0.243. The van der Waals surface area contributed by atoms with Gasteiger partial charge in [0.15, 0.2) is 11.5 Å². The molecule has 0 saturated carbocycles. The number of ether oxygens (including phenoxy) is 1. The van der Waals surface area contributed by atoms with E-state index < -0.39 is 5.78 Å². The summed E-state index contributed by atoms with van der Waals surface area (Å²) in [5, 5.41) is 9.57. The van der Waals surface area contributed by atoms with Gasteiger partial charge in [0.05, 0.1) is 12.2 Å². The third kappa shape index (κ3) is 1.48. The molecular weight excluding hydrogens is 208 g/mol. The van der Waals surface area contributed by atoms with Gasteiger partial charge >= 0.3 is 0 Å². The van der Waals surface area contributed by atoms with Gasteiger partial charge in [0.25, 0.3) is 0 Å². The van der Waals surface area contributed by atoms with E-state index in [1.807, 2.05) is 0 Å². The number of ketones is 2. The summed E-state index contributed by atoms with van der Waals surface area (Å²) >= 11 is 0. The van der Waals surface area contributed by atoms with Crippen molar-refractivity contribution >= 4 is 11.6 Å². The molecule has 4 nitrogen and oxygen atoms in total. The minimum absolute atomic E-state index is 0.0125. The summed E-state index contributed by atoms with van der Waals surface area (Å²) in [6.07, 6.45) is 1.16. The zero-order chi connectivity index (χ0) is 11.7. The highest BCUT2D eigenvalue weighted by Gasteiger charge is 2.29. The van der Waals surface area contributed by atoms with Crippen LogP contribution in [0.1, 0.15) is 27.6 Å². The number of hydrogen-bond acceptors (Lipinski definition) is 4. The van der Waals surface area contributed by atoms with Crippen LogP contribution in [-0.2, 0) is 4.74 Å². The minimum atomic E-state index is -0.449. The second kappa shape index (κ2) is 3.81. The van der Waals surface area contributed by atoms with Gasteiger partial charge in [-0.05, 0) is 13.0 Å². The molecule has 0 aromatic heterocycles. The normalized spacial score (nSPS) is 14.4. The van der Waals surface area contributed by atoms with E-state index in [4.69, 9.17) is 4.74 Å². The zero-order valence-electron chi connectivity index (χ0n) is 8.69. The van der Waals surface area contributed by atoms with Crippen LogP contribution < -0.4 is 0 Å². The first-order valence-electron chi connectivity index (χ1n) is 4.90. The molecule has 0 saturated heterocycles. The average molecular weight is 218 g/mol. The lowest BCUT2D eigenvalue weighted by Crippen LogP contribution is -2.18. The van der Waals surface area contributed by atoms with E-state index in [2.05, 4.69) is 0 Å². The highest BCUT2D eigenvalue weighted by atomic mass is 16.5. The molecule has 0 radical (unpaired) electrons. The van der Waals surface area contributed by atoms with Gasteiger partial charge in [0, 0.05) is 11.6 Å². The smallest absolute Gasteiger partial charge is 0.232 e. The fourth-order valence-corrected chi connectivity index (χ4v) is 1.63. The lowest BCUT2D eigenvalue weighted by molar-refractivity contribution is 0.0889. The number of benzene rings is 1. The van der Waals surface area contributed by atoms with Crippen LogP contribution in [-0.4, -0.2) is 23.3 Å². The van der Waals surface area contributed by atoms with E-state index in [1.165, 1.54) is 18.2 Å². The standard InChI is InChI=1S/C12H10O4/c1-2-16-10-6-9(14)7-4-3-5-8(13)11(7)12(10)15/h3-6,13H,2H2,1H3. The van der Waals surface area contributed by atoms with Crippen molar-refractivity contribution in [2.24, 2.45) is 0 Å². The summed E-state index contributed by atoms with van der Waals surface area (Å²) < 4.78 is 5.06. The average Bonchev–Trinajstić information content (AvgIpc) is 2.25. The molecule has 1 aliphatic rings. The number of carbonyl (C=O) groups is 2. The Kier molecular flexibility index (Phi) is 2.48. The van der Waals surface area contributed by atoms with E-state index in [0.29, 0.717) is 6.61 Å². The van der Waals surface area contributed by atoms with Crippen molar-refractivity contribution in [2.45, 2.75) is 6.92 Å². The second-order valence-corrected chi connectivity index (χ2v) is 3.33. The van der Waals surface area contributed by atoms with Gasteiger partial charge in [-0.2, -0.15) is 0 Å². The van der Waals surface area contributed by atoms with E-state index in [-0.39, 0.29) is 28.4 Å².